The Morgan fingerprint density at radius 2 is 1.89 bits per heavy atom. The van der Waals surface area contributed by atoms with E-state index in [9.17, 15) is 4.79 Å². The van der Waals surface area contributed by atoms with Crippen molar-refractivity contribution in [3.8, 4) is 11.5 Å². The monoisotopic (exact) mass is 396 g/mol. The van der Waals surface area contributed by atoms with Gasteiger partial charge in [-0.1, -0.05) is 25.1 Å². The molecule has 28 heavy (non-hydrogen) atoms. The fourth-order valence-corrected chi connectivity index (χ4v) is 3.33. The molecule has 6 heteroatoms. The minimum atomic E-state index is -0.114. The maximum Gasteiger partial charge on any atom is 0.276 e. The Kier molecular flexibility index (Phi) is 6.31. The summed E-state index contributed by atoms with van der Waals surface area (Å²) in [6.45, 7) is 4.93. The van der Waals surface area contributed by atoms with E-state index >= 15 is 0 Å². The molecule has 0 aromatic heterocycles. The van der Waals surface area contributed by atoms with Crippen LogP contribution in [0.3, 0.4) is 0 Å². The number of hydrogen-bond acceptors (Lipinski definition) is 4. The molecule has 0 radical (unpaired) electrons. The molecule has 1 fully saturated rings. The normalized spacial score (nSPS) is 15.1. The van der Waals surface area contributed by atoms with Crippen LogP contribution in [0.2, 0.25) is 0 Å². The number of nitrogens with one attached hydrogen (secondary N) is 1. The van der Waals surface area contributed by atoms with Crippen molar-refractivity contribution in [3.63, 3.8) is 0 Å². The number of hydrogen-bond donors (Lipinski definition) is 1. The highest BCUT2D eigenvalue weighted by molar-refractivity contribution is 7.80. The van der Waals surface area contributed by atoms with Crippen molar-refractivity contribution in [1.82, 2.24) is 10.2 Å². The van der Waals surface area contributed by atoms with Gasteiger partial charge >= 0.3 is 0 Å². The zero-order valence-electron chi connectivity index (χ0n) is 16.3. The lowest BCUT2D eigenvalue weighted by atomic mass is 10.1. The number of aryl methyl sites for hydroxylation is 1. The van der Waals surface area contributed by atoms with Crippen molar-refractivity contribution in [2.75, 3.05) is 13.7 Å². The summed E-state index contributed by atoms with van der Waals surface area (Å²) < 4.78 is 11.4. The topological polar surface area (TPSA) is 50.8 Å². The van der Waals surface area contributed by atoms with Gasteiger partial charge in [-0.2, -0.15) is 0 Å². The Bertz CT molecular complexity index is 906. The second-order valence-corrected chi connectivity index (χ2v) is 6.78. The summed E-state index contributed by atoms with van der Waals surface area (Å²) in [5.74, 6) is 1.43. The second kappa shape index (κ2) is 8.89. The molecular formula is C22H24N2O3S. The Morgan fingerprint density at radius 1 is 1.14 bits per heavy atom. The van der Waals surface area contributed by atoms with Crippen LogP contribution in [0.1, 0.15) is 30.5 Å². The van der Waals surface area contributed by atoms with Gasteiger partial charge in [-0.3, -0.25) is 9.69 Å². The summed E-state index contributed by atoms with van der Waals surface area (Å²) in [6.07, 6.45) is 2.79. The summed E-state index contributed by atoms with van der Waals surface area (Å²) in [4.78, 5) is 13.9. The number of ether oxygens (including phenoxy) is 2. The first-order chi connectivity index (χ1) is 13.5. The Balaban J connectivity index is 1.79. The fourth-order valence-electron chi connectivity index (χ4n) is 3.01. The highest BCUT2D eigenvalue weighted by Crippen LogP contribution is 2.24. The van der Waals surface area contributed by atoms with E-state index in [0.717, 1.165) is 29.0 Å². The third-order valence-electron chi connectivity index (χ3n) is 4.62. The molecule has 0 unspecified atom stereocenters. The molecule has 146 valence electrons. The van der Waals surface area contributed by atoms with Crippen LogP contribution in [0.15, 0.2) is 48.2 Å². The van der Waals surface area contributed by atoms with Crippen molar-refractivity contribution in [2.45, 2.75) is 26.9 Å². The molecule has 1 heterocycles. The van der Waals surface area contributed by atoms with Gasteiger partial charge in [0.2, 0.25) is 0 Å². The molecule has 3 rings (SSSR count). The number of methoxy groups -OCH3 is 1. The van der Waals surface area contributed by atoms with Crippen molar-refractivity contribution < 1.29 is 14.3 Å². The first kappa shape index (κ1) is 19.9. The standard InChI is InChI=1S/C22H24N2O3S/c1-4-15-6-9-18(10-7-15)27-14-17-12-16(8-11-20(17)26-3)13-19-21(25)24(5-2)22(28)23-19/h6-13H,4-5,14H2,1-3H3,(H,23,28)/b19-13+. The quantitative estimate of drug-likeness (QED) is 0.568. The molecule has 0 saturated carbocycles. The third-order valence-corrected chi connectivity index (χ3v) is 4.94. The van der Waals surface area contributed by atoms with Crippen LogP contribution >= 0.6 is 12.2 Å². The highest BCUT2D eigenvalue weighted by Gasteiger charge is 2.29. The fraction of sp³-hybridized carbons (Fsp3) is 0.273. The van der Waals surface area contributed by atoms with E-state index in [-0.39, 0.29) is 5.91 Å². The van der Waals surface area contributed by atoms with Crippen LogP contribution < -0.4 is 14.8 Å². The van der Waals surface area contributed by atoms with Crippen LogP contribution in [0.25, 0.3) is 6.08 Å². The summed E-state index contributed by atoms with van der Waals surface area (Å²) in [5, 5.41) is 3.41. The second-order valence-electron chi connectivity index (χ2n) is 6.40. The molecule has 1 saturated heterocycles. The number of carbonyl (C=O) groups excluding carboxylic acids is 1. The highest BCUT2D eigenvalue weighted by atomic mass is 32.1. The van der Waals surface area contributed by atoms with Gasteiger partial charge in [0.15, 0.2) is 5.11 Å². The van der Waals surface area contributed by atoms with E-state index in [1.54, 1.807) is 13.2 Å². The number of amides is 1. The van der Waals surface area contributed by atoms with Crippen molar-refractivity contribution in [3.05, 3.63) is 64.9 Å². The number of rotatable bonds is 7. The van der Waals surface area contributed by atoms with E-state index in [1.807, 2.05) is 37.3 Å². The number of nitrogens with zero attached hydrogens (tertiary/aromatic N) is 1. The first-order valence-corrected chi connectivity index (χ1v) is 9.69. The van der Waals surface area contributed by atoms with Gasteiger partial charge in [0, 0.05) is 12.1 Å². The molecule has 0 aliphatic carbocycles. The Labute approximate surface area is 170 Å². The predicted molar refractivity (Wildman–Crippen MR) is 114 cm³/mol. The molecule has 1 aliphatic heterocycles. The first-order valence-electron chi connectivity index (χ1n) is 9.28. The molecule has 2 aromatic carbocycles. The van der Waals surface area contributed by atoms with Crippen LogP contribution in [0.4, 0.5) is 0 Å². The van der Waals surface area contributed by atoms with E-state index in [1.165, 1.54) is 10.5 Å². The molecule has 0 spiro atoms. The van der Waals surface area contributed by atoms with Crippen molar-refractivity contribution in [2.24, 2.45) is 0 Å². The number of carbonyl (C=O) groups is 1. The van der Waals surface area contributed by atoms with Gasteiger partial charge < -0.3 is 14.8 Å². The number of likely N-dealkylation sites (N-methyl/N-ethyl adjacent to an activating group) is 1. The van der Waals surface area contributed by atoms with E-state index in [2.05, 4.69) is 24.4 Å². The van der Waals surface area contributed by atoms with Crippen LogP contribution in [-0.2, 0) is 17.8 Å². The molecule has 5 nitrogen and oxygen atoms in total. The van der Waals surface area contributed by atoms with Crippen molar-refractivity contribution >= 4 is 29.3 Å². The van der Waals surface area contributed by atoms with Gasteiger partial charge in [-0.15, -0.1) is 0 Å². The zero-order chi connectivity index (χ0) is 20.1. The molecule has 1 aliphatic rings. The Hall–Kier alpha value is -2.86. The van der Waals surface area contributed by atoms with Gasteiger partial charge in [0.1, 0.15) is 23.8 Å². The SMILES string of the molecule is CCc1ccc(OCc2cc(/C=C3/NC(=S)N(CC)C3=O)ccc2OC)cc1. The van der Waals surface area contributed by atoms with E-state index in [4.69, 9.17) is 21.7 Å². The average Bonchev–Trinajstić information content (AvgIpc) is 2.99. The van der Waals surface area contributed by atoms with Gasteiger partial charge in [0.25, 0.3) is 5.91 Å². The predicted octanol–water partition coefficient (Wildman–Crippen LogP) is 3.91. The molecule has 0 atom stereocenters. The number of benzene rings is 2. The average molecular weight is 397 g/mol. The summed E-state index contributed by atoms with van der Waals surface area (Å²) in [6, 6.07) is 13.8. The maximum atomic E-state index is 12.4. The lowest BCUT2D eigenvalue weighted by molar-refractivity contribution is -0.122. The summed E-state index contributed by atoms with van der Waals surface area (Å²) in [5.41, 5.74) is 3.51. The van der Waals surface area contributed by atoms with E-state index < -0.39 is 0 Å². The molecule has 1 N–H and O–H groups in total. The van der Waals surface area contributed by atoms with Gasteiger partial charge in [-0.05, 0) is 67.0 Å². The van der Waals surface area contributed by atoms with Gasteiger partial charge in [-0.25, -0.2) is 0 Å². The van der Waals surface area contributed by atoms with E-state index in [0.29, 0.717) is 24.0 Å². The molecule has 2 aromatic rings. The van der Waals surface area contributed by atoms with Crippen LogP contribution in [-0.4, -0.2) is 29.6 Å². The molecule has 1 amide bonds. The summed E-state index contributed by atoms with van der Waals surface area (Å²) in [7, 11) is 1.63. The van der Waals surface area contributed by atoms with Crippen LogP contribution in [0, 0.1) is 0 Å². The smallest absolute Gasteiger partial charge is 0.276 e. The van der Waals surface area contributed by atoms with Crippen LogP contribution in [0.5, 0.6) is 11.5 Å². The minimum Gasteiger partial charge on any atom is -0.496 e. The maximum absolute atomic E-state index is 12.4. The molecular weight excluding hydrogens is 372 g/mol. The van der Waals surface area contributed by atoms with Crippen molar-refractivity contribution in [1.29, 1.82) is 0 Å². The number of thiocarbonyl (C=S) groups is 1. The van der Waals surface area contributed by atoms with Gasteiger partial charge in [0.05, 0.1) is 7.11 Å². The lowest BCUT2D eigenvalue weighted by Gasteiger charge is -2.12. The third kappa shape index (κ3) is 4.34. The zero-order valence-corrected chi connectivity index (χ0v) is 17.1. The Morgan fingerprint density at radius 3 is 2.50 bits per heavy atom. The lowest BCUT2D eigenvalue weighted by Crippen LogP contribution is -2.30. The minimum absolute atomic E-state index is 0.114. The summed E-state index contributed by atoms with van der Waals surface area (Å²) >= 11 is 5.20. The molecule has 0 bridgehead atoms. The largest absolute Gasteiger partial charge is 0.496 e.